The van der Waals surface area contributed by atoms with Gasteiger partial charge in [0, 0.05) is 14.7 Å². The van der Waals surface area contributed by atoms with Crippen LogP contribution in [0, 0.1) is 0 Å². The highest BCUT2D eigenvalue weighted by Crippen LogP contribution is 2.33. The van der Waals surface area contributed by atoms with E-state index < -0.39 is 0 Å². The zero-order valence-electron chi connectivity index (χ0n) is 11.5. The normalized spacial score (nSPS) is 11.4. The molecular weight excluding hydrogens is 292 g/mol. The molecule has 0 heterocycles. The van der Waals surface area contributed by atoms with E-state index >= 15 is 0 Å². The number of aliphatic hydroxyl groups excluding tert-OH is 1. The average Bonchev–Trinajstić information content (AvgIpc) is 2.43. The van der Waals surface area contributed by atoms with Crippen LogP contribution in [0.2, 0.25) is 5.02 Å². The fourth-order valence-corrected chi connectivity index (χ4v) is 2.67. The number of benzene rings is 2. The number of hydrogen-bond acceptors (Lipinski definition) is 3. The number of halogens is 1. The Morgan fingerprint density at radius 1 is 1.00 bits per heavy atom. The zero-order chi connectivity index (χ0) is 14.6. The fourth-order valence-electron chi connectivity index (χ4n) is 1.57. The molecule has 2 aromatic carbocycles. The highest BCUT2D eigenvalue weighted by Gasteiger charge is 2.17. The summed E-state index contributed by atoms with van der Waals surface area (Å²) < 4.78 is 5.55. The lowest BCUT2D eigenvalue weighted by Gasteiger charge is -2.20. The maximum Gasteiger partial charge on any atom is 0.127 e. The van der Waals surface area contributed by atoms with Gasteiger partial charge < -0.3 is 9.84 Å². The Bertz CT molecular complexity index is 550. The van der Waals surface area contributed by atoms with Gasteiger partial charge in [0.1, 0.15) is 11.5 Å². The lowest BCUT2D eigenvalue weighted by Crippen LogP contribution is -2.19. The topological polar surface area (TPSA) is 29.5 Å². The van der Waals surface area contributed by atoms with Gasteiger partial charge in [-0.3, -0.25) is 0 Å². The first kappa shape index (κ1) is 15.2. The van der Waals surface area contributed by atoms with Crippen molar-refractivity contribution >= 4 is 23.4 Å². The molecule has 0 spiro atoms. The first-order chi connectivity index (χ1) is 9.48. The second-order valence-electron chi connectivity index (χ2n) is 5.05. The van der Waals surface area contributed by atoms with Gasteiger partial charge in [-0.25, -0.2) is 0 Å². The summed E-state index contributed by atoms with van der Waals surface area (Å²) in [5, 5.41) is 9.96. The van der Waals surface area contributed by atoms with E-state index in [0.29, 0.717) is 5.02 Å². The zero-order valence-corrected chi connectivity index (χ0v) is 13.0. The molecule has 0 saturated heterocycles. The van der Waals surface area contributed by atoms with E-state index in [1.165, 1.54) is 0 Å². The van der Waals surface area contributed by atoms with Crippen molar-refractivity contribution in [2.75, 3.05) is 6.61 Å². The van der Waals surface area contributed by atoms with Crippen molar-refractivity contribution in [1.29, 1.82) is 0 Å². The van der Waals surface area contributed by atoms with E-state index in [0.717, 1.165) is 16.4 Å². The van der Waals surface area contributed by atoms with Crippen molar-refractivity contribution in [3.05, 3.63) is 53.6 Å². The van der Waals surface area contributed by atoms with Crippen LogP contribution in [-0.4, -0.2) is 16.5 Å². The Kier molecular flexibility index (Phi) is 4.97. The predicted octanol–water partition coefficient (Wildman–Crippen LogP) is 5.00. The maximum atomic E-state index is 9.27. The molecule has 0 amide bonds. The summed E-state index contributed by atoms with van der Waals surface area (Å²) in [7, 11) is 0. The Balaban J connectivity index is 2.03. The minimum Gasteiger partial charge on any atom is -0.457 e. The summed E-state index contributed by atoms with van der Waals surface area (Å²) >= 11 is 7.47. The van der Waals surface area contributed by atoms with Crippen LogP contribution in [0.1, 0.15) is 13.8 Å². The third kappa shape index (κ3) is 4.44. The molecule has 0 aromatic heterocycles. The number of rotatable bonds is 5. The Morgan fingerprint density at radius 3 is 2.00 bits per heavy atom. The minimum absolute atomic E-state index is 0.140. The molecule has 0 aliphatic rings. The van der Waals surface area contributed by atoms with Crippen molar-refractivity contribution in [3.63, 3.8) is 0 Å². The summed E-state index contributed by atoms with van der Waals surface area (Å²) in [5.41, 5.74) is 0. The highest BCUT2D eigenvalue weighted by molar-refractivity contribution is 8.00. The molecule has 0 atom stereocenters. The van der Waals surface area contributed by atoms with Crippen molar-refractivity contribution in [1.82, 2.24) is 0 Å². The van der Waals surface area contributed by atoms with Crippen molar-refractivity contribution in [2.45, 2.75) is 23.5 Å². The SMILES string of the molecule is CC(C)(CO)Sc1ccc(Oc2ccc(Cl)cc2)cc1. The lowest BCUT2D eigenvalue weighted by molar-refractivity contribution is 0.265. The molecule has 0 saturated carbocycles. The Labute approximate surface area is 128 Å². The smallest absolute Gasteiger partial charge is 0.127 e. The molecule has 0 aliphatic carbocycles. The molecule has 0 radical (unpaired) electrons. The standard InChI is InChI=1S/C16H17ClO2S/c1-16(2,11-18)20-15-9-7-14(8-10-15)19-13-5-3-12(17)4-6-13/h3-10,18H,11H2,1-2H3. The van der Waals surface area contributed by atoms with Gasteiger partial charge in [0.2, 0.25) is 0 Å². The third-order valence-corrected chi connectivity index (χ3v) is 4.09. The molecule has 106 valence electrons. The van der Waals surface area contributed by atoms with E-state index in [-0.39, 0.29) is 11.4 Å². The van der Waals surface area contributed by atoms with Gasteiger partial charge in [0.15, 0.2) is 0 Å². The van der Waals surface area contributed by atoms with Crippen molar-refractivity contribution < 1.29 is 9.84 Å². The van der Waals surface area contributed by atoms with Gasteiger partial charge >= 0.3 is 0 Å². The summed E-state index contributed by atoms with van der Waals surface area (Å²) in [6.07, 6.45) is 0. The molecular formula is C16H17ClO2S. The molecule has 0 unspecified atom stereocenters. The Hall–Kier alpha value is -1.16. The monoisotopic (exact) mass is 308 g/mol. The van der Waals surface area contributed by atoms with Crippen LogP contribution in [0.15, 0.2) is 53.4 Å². The predicted molar refractivity (Wildman–Crippen MR) is 85.0 cm³/mol. The van der Waals surface area contributed by atoms with Crippen LogP contribution in [0.4, 0.5) is 0 Å². The fraction of sp³-hybridized carbons (Fsp3) is 0.250. The van der Waals surface area contributed by atoms with Gasteiger partial charge in [-0.05, 0) is 62.4 Å². The molecule has 0 fully saturated rings. The van der Waals surface area contributed by atoms with Crippen molar-refractivity contribution in [3.8, 4) is 11.5 Å². The van der Waals surface area contributed by atoms with Gasteiger partial charge in [0.05, 0.1) is 6.61 Å². The summed E-state index contributed by atoms with van der Waals surface area (Å²) in [6, 6.07) is 15.1. The third-order valence-electron chi connectivity index (χ3n) is 2.65. The van der Waals surface area contributed by atoms with Gasteiger partial charge in [0.25, 0.3) is 0 Å². The van der Waals surface area contributed by atoms with Crippen LogP contribution in [-0.2, 0) is 0 Å². The molecule has 4 heteroatoms. The summed E-state index contributed by atoms with van der Waals surface area (Å²) in [5.74, 6) is 1.53. The van der Waals surface area contributed by atoms with Crippen molar-refractivity contribution in [2.24, 2.45) is 0 Å². The maximum absolute atomic E-state index is 9.27. The van der Waals surface area contributed by atoms with E-state index in [4.69, 9.17) is 16.3 Å². The highest BCUT2D eigenvalue weighted by atomic mass is 35.5. The molecule has 2 rings (SSSR count). The average molecular weight is 309 g/mol. The molecule has 20 heavy (non-hydrogen) atoms. The van der Waals surface area contributed by atoms with Gasteiger partial charge in [-0.1, -0.05) is 11.6 Å². The van der Waals surface area contributed by atoms with Gasteiger partial charge in [-0.2, -0.15) is 0 Å². The largest absolute Gasteiger partial charge is 0.457 e. The minimum atomic E-state index is -0.182. The first-order valence-corrected chi connectivity index (χ1v) is 7.51. The van der Waals surface area contributed by atoms with Crippen LogP contribution >= 0.6 is 23.4 Å². The number of aliphatic hydroxyl groups is 1. The number of thioether (sulfide) groups is 1. The molecule has 2 nitrogen and oxygen atoms in total. The molecule has 1 N–H and O–H groups in total. The van der Waals surface area contributed by atoms with E-state index in [1.54, 1.807) is 23.9 Å². The summed E-state index contributed by atoms with van der Waals surface area (Å²) in [4.78, 5) is 1.10. The second-order valence-corrected chi connectivity index (χ2v) is 7.26. The van der Waals surface area contributed by atoms with Crippen LogP contribution < -0.4 is 4.74 Å². The van der Waals surface area contributed by atoms with Crippen LogP contribution in [0.5, 0.6) is 11.5 Å². The number of hydrogen-bond donors (Lipinski definition) is 1. The quantitative estimate of drug-likeness (QED) is 0.789. The van der Waals surface area contributed by atoms with E-state index in [1.807, 2.05) is 50.2 Å². The van der Waals surface area contributed by atoms with Gasteiger partial charge in [-0.15, -0.1) is 11.8 Å². The first-order valence-electron chi connectivity index (χ1n) is 6.32. The van der Waals surface area contributed by atoms with Crippen LogP contribution in [0.3, 0.4) is 0 Å². The second kappa shape index (κ2) is 6.53. The molecule has 0 aliphatic heterocycles. The Morgan fingerprint density at radius 2 is 1.50 bits per heavy atom. The summed E-state index contributed by atoms with van der Waals surface area (Å²) in [6.45, 7) is 4.16. The van der Waals surface area contributed by atoms with E-state index in [2.05, 4.69) is 0 Å². The lowest BCUT2D eigenvalue weighted by atomic mass is 10.2. The molecule has 2 aromatic rings. The van der Waals surface area contributed by atoms with Crippen LogP contribution in [0.25, 0.3) is 0 Å². The molecule has 0 bridgehead atoms. The van der Waals surface area contributed by atoms with E-state index in [9.17, 15) is 5.11 Å². The number of ether oxygens (including phenoxy) is 1.